The highest BCUT2D eigenvalue weighted by Gasteiger charge is 2.54. The number of para-hydroxylation sites is 1. The Morgan fingerprint density at radius 1 is 1.43 bits per heavy atom. The molecule has 4 rings (SSSR count). The number of aryl methyl sites for hydroxylation is 1. The van der Waals surface area contributed by atoms with Gasteiger partial charge in [-0.05, 0) is 31.4 Å². The van der Waals surface area contributed by atoms with E-state index < -0.39 is 11.4 Å². The lowest BCUT2D eigenvalue weighted by molar-refractivity contribution is -0.159. The molecule has 0 saturated carbocycles. The predicted octanol–water partition coefficient (Wildman–Crippen LogP) is 2.47. The van der Waals surface area contributed by atoms with Crippen molar-refractivity contribution in [1.29, 1.82) is 0 Å². The number of nitrogens with zero attached hydrogens (tertiary/aromatic N) is 2. The van der Waals surface area contributed by atoms with E-state index >= 15 is 0 Å². The molecule has 120 valence electrons. The molecule has 2 fully saturated rings. The Hall–Kier alpha value is -2.14. The minimum atomic E-state index is -0.781. The highest BCUT2D eigenvalue weighted by atomic mass is 16.5. The molecule has 5 heteroatoms. The number of benzene rings is 1. The number of rotatable bonds is 2. The van der Waals surface area contributed by atoms with Crippen LogP contribution in [0.4, 0.5) is 5.69 Å². The normalized spacial score (nSPS) is 27.2. The van der Waals surface area contributed by atoms with E-state index in [1.807, 2.05) is 25.1 Å². The molecule has 0 unspecified atom stereocenters. The molecular formula is C18H20N2O3. The first kappa shape index (κ1) is 14.5. The van der Waals surface area contributed by atoms with Crippen LogP contribution in [0, 0.1) is 18.3 Å². The molecule has 2 aliphatic rings. The molecule has 0 aliphatic carbocycles. The molecule has 0 bridgehead atoms. The van der Waals surface area contributed by atoms with Crippen LogP contribution in [-0.2, 0) is 9.53 Å². The van der Waals surface area contributed by atoms with E-state index in [1.165, 1.54) is 0 Å². The third-order valence-corrected chi connectivity index (χ3v) is 5.25. The minimum absolute atomic E-state index is 0.140. The van der Waals surface area contributed by atoms with E-state index in [0.29, 0.717) is 19.8 Å². The third-order valence-electron chi connectivity index (χ3n) is 5.25. The maximum Gasteiger partial charge on any atom is 0.314 e. The molecule has 2 aliphatic heterocycles. The number of anilines is 1. The monoisotopic (exact) mass is 312 g/mol. The molecule has 0 spiro atoms. The molecule has 2 aromatic rings. The Balaban J connectivity index is 1.79. The fourth-order valence-corrected chi connectivity index (χ4v) is 4.02. The van der Waals surface area contributed by atoms with E-state index in [4.69, 9.17) is 4.74 Å². The quantitative estimate of drug-likeness (QED) is 0.923. The second kappa shape index (κ2) is 5.20. The van der Waals surface area contributed by atoms with E-state index in [1.54, 1.807) is 0 Å². The summed E-state index contributed by atoms with van der Waals surface area (Å²) in [5.41, 5.74) is 2.21. The van der Waals surface area contributed by atoms with Gasteiger partial charge in [0.2, 0.25) is 0 Å². The van der Waals surface area contributed by atoms with Crippen LogP contribution in [0.5, 0.6) is 0 Å². The molecule has 1 aromatic carbocycles. The van der Waals surface area contributed by atoms with Crippen molar-refractivity contribution in [1.82, 2.24) is 4.98 Å². The number of hydrogen-bond acceptors (Lipinski definition) is 4. The Bertz CT molecular complexity index is 776. The van der Waals surface area contributed by atoms with Crippen molar-refractivity contribution in [2.45, 2.75) is 13.3 Å². The van der Waals surface area contributed by atoms with Gasteiger partial charge in [-0.25, -0.2) is 0 Å². The SMILES string of the molecule is Cc1cc(N2C[C@@H]3CCOC[C@]3(C(=O)O)C2)c2ccccc2n1. The molecule has 1 N–H and O–H groups in total. The summed E-state index contributed by atoms with van der Waals surface area (Å²) in [5, 5.41) is 10.9. The smallest absolute Gasteiger partial charge is 0.314 e. The topological polar surface area (TPSA) is 62.7 Å². The molecular weight excluding hydrogens is 292 g/mol. The van der Waals surface area contributed by atoms with E-state index in [0.717, 1.165) is 35.2 Å². The number of aromatic nitrogens is 1. The van der Waals surface area contributed by atoms with Gasteiger partial charge in [-0.2, -0.15) is 0 Å². The fraction of sp³-hybridized carbons (Fsp3) is 0.444. The molecule has 0 radical (unpaired) electrons. The highest BCUT2D eigenvalue weighted by Crippen LogP contribution is 2.44. The first-order valence-electron chi connectivity index (χ1n) is 8.03. The van der Waals surface area contributed by atoms with Gasteiger partial charge in [-0.15, -0.1) is 0 Å². The standard InChI is InChI=1S/C18H20N2O3/c1-12-8-16(14-4-2-3-5-15(14)19-12)20-9-13-6-7-23-11-18(13,10-20)17(21)22/h2-5,8,13H,6-7,9-11H2,1H3,(H,21,22)/t13-,18+/m0/s1. The van der Waals surface area contributed by atoms with Gasteiger partial charge in [0, 0.05) is 36.5 Å². The Labute approximate surface area is 134 Å². The average Bonchev–Trinajstić information content (AvgIpc) is 2.95. The molecule has 0 amide bonds. The number of carboxylic acids is 1. The largest absolute Gasteiger partial charge is 0.481 e. The summed E-state index contributed by atoms with van der Waals surface area (Å²) in [6.45, 7) is 4.22. The molecule has 5 nitrogen and oxygen atoms in total. The molecule has 23 heavy (non-hydrogen) atoms. The van der Waals surface area contributed by atoms with E-state index in [9.17, 15) is 9.90 Å². The number of pyridine rings is 1. The summed E-state index contributed by atoms with van der Waals surface area (Å²) in [4.78, 5) is 18.7. The molecule has 2 atom stereocenters. The third kappa shape index (κ3) is 2.18. The minimum Gasteiger partial charge on any atom is -0.481 e. The molecule has 1 aromatic heterocycles. The van der Waals surface area contributed by atoms with Crippen molar-refractivity contribution in [2.24, 2.45) is 11.3 Å². The van der Waals surface area contributed by atoms with Crippen LogP contribution in [0.15, 0.2) is 30.3 Å². The van der Waals surface area contributed by atoms with Gasteiger partial charge in [-0.3, -0.25) is 9.78 Å². The van der Waals surface area contributed by atoms with Crippen molar-refractivity contribution in [3.05, 3.63) is 36.0 Å². The van der Waals surface area contributed by atoms with Crippen molar-refractivity contribution < 1.29 is 14.6 Å². The van der Waals surface area contributed by atoms with Gasteiger partial charge in [0.05, 0.1) is 12.1 Å². The number of hydrogen-bond donors (Lipinski definition) is 1. The maximum absolute atomic E-state index is 11.9. The van der Waals surface area contributed by atoms with Crippen molar-refractivity contribution >= 4 is 22.6 Å². The van der Waals surface area contributed by atoms with Crippen LogP contribution < -0.4 is 4.90 Å². The lowest BCUT2D eigenvalue weighted by atomic mass is 9.76. The second-order valence-electron chi connectivity index (χ2n) is 6.68. The molecule has 3 heterocycles. The zero-order chi connectivity index (χ0) is 16.0. The lowest BCUT2D eigenvalue weighted by Crippen LogP contribution is -2.46. The van der Waals surface area contributed by atoms with E-state index in [2.05, 4.69) is 22.0 Å². The summed E-state index contributed by atoms with van der Waals surface area (Å²) in [6.07, 6.45) is 0.810. The van der Waals surface area contributed by atoms with Crippen LogP contribution in [0.2, 0.25) is 0 Å². The highest BCUT2D eigenvalue weighted by molar-refractivity contribution is 5.92. The van der Waals surface area contributed by atoms with Crippen molar-refractivity contribution in [3.63, 3.8) is 0 Å². The van der Waals surface area contributed by atoms with E-state index in [-0.39, 0.29) is 5.92 Å². The van der Waals surface area contributed by atoms with Crippen LogP contribution in [0.25, 0.3) is 10.9 Å². The first-order valence-corrected chi connectivity index (χ1v) is 8.03. The summed E-state index contributed by atoms with van der Waals surface area (Å²) >= 11 is 0. The van der Waals surface area contributed by atoms with Gasteiger partial charge in [0.15, 0.2) is 0 Å². The van der Waals surface area contributed by atoms with Crippen molar-refractivity contribution in [3.8, 4) is 0 Å². The number of fused-ring (bicyclic) bond motifs is 2. The Kier molecular flexibility index (Phi) is 3.27. The van der Waals surface area contributed by atoms with Gasteiger partial charge < -0.3 is 14.7 Å². The first-order chi connectivity index (χ1) is 11.1. The number of aliphatic carboxylic acids is 1. The van der Waals surface area contributed by atoms with Crippen LogP contribution in [-0.4, -0.2) is 42.4 Å². The fourth-order valence-electron chi connectivity index (χ4n) is 4.02. The summed E-state index contributed by atoms with van der Waals surface area (Å²) < 4.78 is 5.52. The van der Waals surface area contributed by atoms with Gasteiger partial charge >= 0.3 is 5.97 Å². The number of ether oxygens (including phenoxy) is 1. The van der Waals surface area contributed by atoms with Gasteiger partial charge in [-0.1, -0.05) is 18.2 Å². The predicted molar refractivity (Wildman–Crippen MR) is 87.7 cm³/mol. The zero-order valence-electron chi connectivity index (χ0n) is 13.2. The van der Waals surface area contributed by atoms with Crippen molar-refractivity contribution in [2.75, 3.05) is 31.2 Å². The van der Waals surface area contributed by atoms with Gasteiger partial charge in [0.25, 0.3) is 0 Å². The van der Waals surface area contributed by atoms with Crippen LogP contribution in [0.3, 0.4) is 0 Å². The van der Waals surface area contributed by atoms with Crippen LogP contribution >= 0.6 is 0 Å². The zero-order valence-corrected chi connectivity index (χ0v) is 13.2. The maximum atomic E-state index is 11.9. The van der Waals surface area contributed by atoms with Crippen LogP contribution in [0.1, 0.15) is 12.1 Å². The number of carbonyl (C=O) groups is 1. The molecule has 2 saturated heterocycles. The summed E-state index contributed by atoms with van der Waals surface area (Å²) in [6, 6.07) is 10.1. The number of carboxylic acid groups (broad SMARTS) is 1. The van der Waals surface area contributed by atoms with Gasteiger partial charge in [0.1, 0.15) is 5.41 Å². The second-order valence-corrected chi connectivity index (χ2v) is 6.68. The summed E-state index contributed by atoms with van der Waals surface area (Å²) in [5.74, 6) is -0.597. The lowest BCUT2D eigenvalue weighted by Gasteiger charge is -2.33. The Morgan fingerprint density at radius 2 is 2.26 bits per heavy atom. The summed E-state index contributed by atoms with van der Waals surface area (Å²) in [7, 11) is 0. The average molecular weight is 312 g/mol. The Morgan fingerprint density at radius 3 is 3.04 bits per heavy atom.